The zero-order valence-corrected chi connectivity index (χ0v) is 8.12. The van der Waals surface area contributed by atoms with Crippen molar-refractivity contribution in [3.05, 3.63) is 35.4 Å². The zero-order chi connectivity index (χ0) is 10.6. The number of aliphatic carboxylic acids is 1. The van der Waals surface area contributed by atoms with Gasteiger partial charge in [-0.2, -0.15) is 0 Å². The minimum atomic E-state index is -1.02. The van der Waals surface area contributed by atoms with Crippen LogP contribution < -0.4 is 4.74 Å². The number of hydrogen-bond donors (Lipinski definition) is 1. The Hall–Kier alpha value is -1.48. The van der Waals surface area contributed by atoms with E-state index in [0.717, 1.165) is 0 Å². The van der Waals surface area contributed by atoms with Gasteiger partial charge in [-0.15, -0.1) is 0 Å². The third-order valence-electron chi connectivity index (χ3n) is 1.54. The lowest BCUT2D eigenvalue weighted by molar-refractivity contribution is -0.139. The van der Waals surface area contributed by atoms with Crippen LogP contribution in [0.5, 0.6) is 5.75 Å². The lowest BCUT2D eigenvalue weighted by Crippen LogP contribution is -2.09. The van der Waals surface area contributed by atoms with Crippen molar-refractivity contribution in [1.82, 2.24) is 0 Å². The van der Waals surface area contributed by atoms with Gasteiger partial charge in [-0.1, -0.05) is 24.3 Å². The molecule has 0 aliphatic carbocycles. The summed E-state index contributed by atoms with van der Waals surface area (Å²) in [6.45, 7) is 3.20. The number of carboxylic acid groups (broad SMARTS) is 1. The molecule has 0 atom stereocenters. The summed E-state index contributed by atoms with van der Waals surface area (Å²) in [6, 6.07) is 4.90. The van der Waals surface area contributed by atoms with Crippen LogP contribution >= 0.6 is 11.6 Å². The van der Waals surface area contributed by atoms with Crippen molar-refractivity contribution in [3.8, 4) is 5.75 Å². The van der Waals surface area contributed by atoms with E-state index < -0.39 is 5.97 Å². The predicted octanol–water partition coefficient (Wildman–Crippen LogP) is 2.45. The van der Waals surface area contributed by atoms with Gasteiger partial charge in [0.1, 0.15) is 5.75 Å². The topological polar surface area (TPSA) is 46.5 Å². The van der Waals surface area contributed by atoms with Crippen molar-refractivity contribution in [2.24, 2.45) is 0 Å². The van der Waals surface area contributed by atoms with Crippen molar-refractivity contribution in [1.29, 1.82) is 0 Å². The number of benzene rings is 1. The first-order chi connectivity index (χ1) is 6.63. The van der Waals surface area contributed by atoms with Gasteiger partial charge in [0.2, 0.25) is 0 Å². The number of hydrogen-bond acceptors (Lipinski definition) is 2. The molecule has 0 heterocycles. The maximum absolute atomic E-state index is 10.3. The van der Waals surface area contributed by atoms with E-state index in [9.17, 15) is 4.79 Å². The Morgan fingerprint density at radius 1 is 1.64 bits per heavy atom. The number of rotatable bonds is 4. The van der Waals surface area contributed by atoms with E-state index in [2.05, 4.69) is 6.58 Å². The number of carboxylic acids is 1. The Bertz CT molecular complexity index is 360. The molecule has 0 aromatic heterocycles. The Morgan fingerprint density at radius 3 is 2.93 bits per heavy atom. The van der Waals surface area contributed by atoms with Gasteiger partial charge in [0.25, 0.3) is 0 Å². The fourth-order valence-electron chi connectivity index (χ4n) is 0.950. The van der Waals surface area contributed by atoms with Gasteiger partial charge in [-0.3, -0.25) is 0 Å². The van der Waals surface area contributed by atoms with E-state index in [1.807, 2.05) is 0 Å². The van der Waals surface area contributed by atoms with Gasteiger partial charge < -0.3 is 9.84 Å². The van der Waals surface area contributed by atoms with Crippen molar-refractivity contribution in [2.75, 3.05) is 6.61 Å². The highest BCUT2D eigenvalue weighted by molar-refractivity contribution is 6.30. The summed E-state index contributed by atoms with van der Waals surface area (Å²) in [4.78, 5) is 10.3. The normalized spacial score (nSPS) is 9.50. The molecule has 3 nitrogen and oxygen atoms in total. The zero-order valence-electron chi connectivity index (χ0n) is 7.37. The minimum Gasteiger partial charge on any atom is -0.481 e. The molecule has 4 heteroatoms. The smallest absolute Gasteiger partial charge is 0.341 e. The van der Waals surface area contributed by atoms with Crippen LogP contribution in [0.4, 0.5) is 0 Å². The van der Waals surface area contributed by atoms with E-state index in [4.69, 9.17) is 21.4 Å². The maximum atomic E-state index is 10.3. The molecule has 0 bridgehead atoms. The van der Waals surface area contributed by atoms with Crippen LogP contribution in [0.2, 0.25) is 5.02 Å². The fraction of sp³-hybridized carbons (Fsp3) is 0.100. The van der Waals surface area contributed by atoms with Crippen molar-refractivity contribution in [2.45, 2.75) is 0 Å². The lowest BCUT2D eigenvalue weighted by atomic mass is 10.2. The Labute approximate surface area is 86.6 Å². The molecular weight excluding hydrogens is 204 g/mol. The standard InChI is InChI=1S/C10H9ClO3/c1-2-7-5-8(11)3-4-9(7)14-6-10(12)13/h2-5H,1,6H2,(H,12,13). The molecule has 0 spiro atoms. The van der Waals surface area contributed by atoms with Crippen LogP contribution in [0, 0.1) is 0 Å². The SMILES string of the molecule is C=Cc1cc(Cl)ccc1OCC(=O)O. The van der Waals surface area contributed by atoms with Crippen LogP contribution in [-0.4, -0.2) is 17.7 Å². The van der Waals surface area contributed by atoms with Crippen LogP contribution in [-0.2, 0) is 4.79 Å². The summed E-state index contributed by atoms with van der Waals surface area (Å²) in [7, 11) is 0. The highest BCUT2D eigenvalue weighted by Crippen LogP contribution is 2.23. The fourth-order valence-corrected chi connectivity index (χ4v) is 1.13. The molecule has 0 unspecified atom stereocenters. The molecule has 0 saturated carbocycles. The number of halogens is 1. The van der Waals surface area contributed by atoms with Crippen molar-refractivity contribution < 1.29 is 14.6 Å². The predicted molar refractivity (Wildman–Crippen MR) is 54.7 cm³/mol. The minimum absolute atomic E-state index is 0.373. The average molecular weight is 213 g/mol. The van der Waals surface area contributed by atoms with E-state index in [1.54, 1.807) is 24.3 Å². The van der Waals surface area contributed by atoms with Crippen molar-refractivity contribution >= 4 is 23.6 Å². The van der Waals surface area contributed by atoms with E-state index in [-0.39, 0.29) is 6.61 Å². The number of ether oxygens (including phenoxy) is 1. The molecule has 1 aromatic carbocycles. The molecule has 0 aliphatic heterocycles. The Balaban J connectivity index is 2.85. The molecule has 0 fully saturated rings. The average Bonchev–Trinajstić information content (AvgIpc) is 2.15. The highest BCUT2D eigenvalue weighted by atomic mass is 35.5. The first-order valence-electron chi connectivity index (χ1n) is 3.90. The summed E-state index contributed by atoms with van der Waals surface area (Å²) < 4.78 is 5.02. The highest BCUT2D eigenvalue weighted by Gasteiger charge is 2.03. The summed E-state index contributed by atoms with van der Waals surface area (Å²) in [5.74, 6) is -0.554. The molecule has 0 aliphatic rings. The first-order valence-corrected chi connectivity index (χ1v) is 4.28. The van der Waals surface area contributed by atoms with E-state index in [1.165, 1.54) is 0 Å². The molecule has 0 radical (unpaired) electrons. The lowest BCUT2D eigenvalue weighted by Gasteiger charge is -2.06. The van der Waals surface area contributed by atoms with E-state index >= 15 is 0 Å². The molecule has 0 saturated heterocycles. The second-order valence-electron chi connectivity index (χ2n) is 2.57. The summed E-state index contributed by atoms with van der Waals surface area (Å²) in [6.07, 6.45) is 1.56. The molecule has 0 amide bonds. The molecule has 1 aromatic rings. The van der Waals surface area contributed by atoms with Crippen LogP contribution in [0.1, 0.15) is 5.56 Å². The molecule has 1 rings (SSSR count). The van der Waals surface area contributed by atoms with Gasteiger partial charge in [-0.25, -0.2) is 4.79 Å². The van der Waals surface area contributed by atoms with Gasteiger partial charge in [0, 0.05) is 10.6 Å². The quantitative estimate of drug-likeness (QED) is 0.834. The largest absolute Gasteiger partial charge is 0.481 e. The third-order valence-corrected chi connectivity index (χ3v) is 1.78. The second-order valence-corrected chi connectivity index (χ2v) is 3.01. The summed E-state index contributed by atoms with van der Waals surface area (Å²) in [5.41, 5.74) is 0.679. The van der Waals surface area contributed by atoms with Crippen molar-refractivity contribution in [3.63, 3.8) is 0 Å². The van der Waals surface area contributed by atoms with Gasteiger partial charge in [-0.05, 0) is 18.2 Å². The van der Waals surface area contributed by atoms with Crippen LogP contribution in [0.3, 0.4) is 0 Å². The first kappa shape index (κ1) is 10.6. The van der Waals surface area contributed by atoms with Crippen LogP contribution in [0.25, 0.3) is 6.08 Å². The summed E-state index contributed by atoms with van der Waals surface area (Å²) >= 11 is 5.74. The molecule has 14 heavy (non-hydrogen) atoms. The molecule has 74 valence electrons. The Kier molecular flexibility index (Phi) is 3.54. The van der Waals surface area contributed by atoms with Gasteiger partial charge in [0.15, 0.2) is 6.61 Å². The third kappa shape index (κ3) is 2.78. The molecular formula is C10H9ClO3. The van der Waals surface area contributed by atoms with Gasteiger partial charge in [0.05, 0.1) is 0 Å². The molecule has 1 N–H and O–H groups in total. The number of carbonyl (C=O) groups is 1. The second kappa shape index (κ2) is 4.67. The monoisotopic (exact) mass is 212 g/mol. The van der Waals surface area contributed by atoms with E-state index in [0.29, 0.717) is 16.3 Å². The maximum Gasteiger partial charge on any atom is 0.341 e. The summed E-state index contributed by atoms with van der Waals surface area (Å²) in [5, 5.41) is 8.97. The Morgan fingerprint density at radius 2 is 2.36 bits per heavy atom. The van der Waals surface area contributed by atoms with Gasteiger partial charge >= 0.3 is 5.97 Å². The van der Waals surface area contributed by atoms with Crippen LogP contribution in [0.15, 0.2) is 24.8 Å².